The molecule has 1 N–H and O–H groups in total. The molecule has 4 rings (SSSR count). The van der Waals surface area contributed by atoms with Crippen LogP contribution in [0.3, 0.4) is 0 Å². The summed E-state index contributed by atoms with van der Waals surface area (Å²) in [5.74, 6) is -0.449. The van der Waals surface area contributed by atoms with E-state index in [1.807, 2.05) is 67.9 Å². The predicted molar refractivity (Wildman–Crippen MR) is 119 cm³/mol. The highest BCUT2D eigenvalue weighted by molar-refractivity contribution is 6.19. The monoisotopic (exact) mass is 418 g/mol. The van der Waals surface area contributed by atoms with Gasteiger partial charge in [-0.15, -0.1) is 0 Å². The number of amides is 2. The third-order valence-corrected chi connectivity index (χ3v) is 5.73. The zero-order chi connectivity index (χ0) is 22.3. The van der Waals surface area contributed by atoms with Crippen LogP contribution in [-0.4, -0.2) is 34.2 Å². The summed E-state index contributed by atoms with van der Waals surface area (Å²) in [5.41, 5.74) is 3.17. The Labute approximate surface area is 181 Å². The van der Waals surface area contributed by atoms with Crippen LogP contribution >= 0.6 is 0 Å². The average molecular weight is 418 g/mol. The van der Waals surface area contributed by atoms with E-state index >= 15 is 0 Å². The van der Waals surface area contributed by atoms with Crippen LogP contribution in [0.5, 0.6) is 5.75 Å². The molecule has 0 spiro atoms. The zero-order valence-electron chi connectivity index (χ0n) is 18.4. The van der Waals surface area contributed by atoms with Gasteiger partial charge in [0.05, 0.1) is 29.3 Å². The van der Waals surface area contributed by atoms with Gasteiger partial charge in [0.25, 0.3) is 17.4 Å². The Kier molecular flexibility index (Phi) is 5.05. The fourth-order valence-corrected chi connectivity index (χ4v) is 3.83. The van der Waals surface area contributed by atoms with Crippen LogP contribution in [0.2, 0.25) is 0 Å². The van der Waals surface area contributed by atoms with Crippen LogP contribution < -0.4 is 15.0 Å². The molecule has 0 aliphatic carbocycles. The molecule has 2 heterocycles. The van der Waals surface area contributed by atoms with E-state index in [-0.39, 0.29) is 0 Å². The summed E-state index contributed by atoms with van der Waals surface area (Å²) in [6.07, 6.45) is 0. The molecule has 1 aliphatic rings. The quantitative estimate of drug-likeness (QED) is 0.657. The number of nitrogens with one attached hydrogen (secondary N) is 1. The molecule has 0 bridgehead atoms. The summed E-state index contributed by atoms with van der Waals surface area (Å²) in [4.78, 5) is 27.8. The molecule has 1 unspecified atom stereocenters. The molecule has 7 nitrogen and oxygen atoms in total. The lowest BCUT2D eigenvalue weighted by atomic mass is 9.99. The van der Waals surface area contributed by atoms with Crippen molar-refractivity contribution in [3.05, 3.63) is 71.0 Å². The number of aryl methyl sites for hydroxylation is 2. The van der Waals surface area contributed by atoms with E-state index in [1.165, 1.54) is 11.8 Å². The molecule has 1 atom stereocenters. The number of fused-ring (bicyclic) bond motifs is 1. The van der Waals surface area contributed by atoms with Crippen molar-refractivity contribution in [3.63, 3.8) is 0 Å². The van der Waals surface area contributed by atoms with Crippen LogP contribution in [0.15, 0.2) is 48.5 Å². The van der Waals surface area contributed by atoms with Gasteiger partial charge in [-0.1, -0.05) is 36.4 Å². The maximum absolute atomic E-state index is 13.3. The van der Waals surface area contributed by atoms with Crippen LogP contribution in [0.1, 0.15) is 29.4 Å². The molecule has 0 radical (unpaired) electrons. The van der Waals surface area contributed by atoms with Crippen molar-refractivity contribution >= 4 is 23.2 Å². The first kappa shape index (κ1) is 20.7. The van der Waals surface area contributed by atoms with Crippen LogP contribution in [0.25, 0.3) is 0 Å². The van der Waals surface area contributed by atoms with Crippen molar-refractivity contribution < 1.29 is 14.3 Å². The maximum atomic E-state index is 13.3. The Bertz CT molecular complexity index is 1170. The third-order valence-electron chi connectivity index (χ3n) is 5.73. The molecule has 31 heavy (non-hydrogen) atoms. The van der Waals surface area contributed by atoms with Gasteiger partial charge in [0.1, 0.15) is 5.75 Å². The molecule has 0 saturated carbocycles. The van der Waals surface area contributed by atoms with Gasteiger partial charge < -0.3 is 15.0 Å². The number of likely N-dealkylation sites (N-methyl/N-ethyl adjacent to an activating group) is 1. The molecule has 0 saturated heterocycles. The summed E-state index contributed by atoms with van der Waals surface area (Å²) in [6.45, 7) is 7.77. The van der Waals surface area contributed by atoms with Gasteiger partial charge in [0, 0.05) is 7.05 Å². The van der Waals surface area contributed by atoms with Gasteiger partial charge >= 0.3 is 0 Å². The first-order chi connectivity index (χ1) is 14.7. The van der Waals surface area contributed by atoms with Crippen LogP contribution in [-0.2, 0) is 16.1 Å². The second-order valence-corrected chi connectivity index (χ2v) is 8.11. The van der Waals surface area contributed by atoms with Gasteiger partial charge in [-0.05, 0) is 51.0 Å². The third kappa shape index (κ3) is 3.56. The van der Waals surface area contributed by atoms with Gasteiger partial charge in [0.2, 0.25) is 0 Å². The summed E-state index contributed by atoms with van der Waals surface area (Å²) >= 11 is 0. The Morgan fingerprint density at radius 1 is 1.13 bits per heavy atom. The van der Waals surface area contributed by atoms with E-state index in [2.05, 4.69) is 10.4 Å². The highest BCUT2D eigenvalue weighted by Crippen LogP contribution is 2.38. The number of benzene rings is 2. The standard InChI is InChI=1S/C24H26N4O3/c1-15-11-12-20-19(13-15)27(5)23(30)24(4,31-20)22(29)25-21-16(2)26-28(17(21)3)14-18-9-7-6-8-10-18/h6-13H,14H2,1-5H3,(H,25,29). The van der Waals surface area contributed by atoms with E-state index in [1.54, 1.807) is 13.1 Å². The SMILES string of the molecule is Cc1ccc2c(c1)N(C)C(=O)C(C)(C(=O)Nc1c(C)nn(Cc3ccccc3)c1C)O2. The number of hydrogen-bond acceptors (Lipinski definition) is 4. The molecule has 3 aromatic rings. The minimum absolute atomic E-state index is 0.421. The predicted octanol–water partition coefficient (Wildman–Crippen LogP) is 3.61. The number of carbonyl (C=O) groups excluding carboxylic acids is 2. The first-order valence-corrected chi connectivity index (χ1v) is 10.2. The van der Waals surface area contributed by atoms with E-state index in [4.69, 9.17) is 4.74 Å². The number of nitrogens with zero attached hydrogens (tertiary/aromatic N) is 3. The number of rotatable bonds is 4. The first-order valence-electron chi connectivity index (χ1n) is 10.2. The average Bonchev–Trinajstić information content (AvgIpc) is 3.01. The molecule has 2 aromatic carbocycles. The van der Waals surface area contributed by atoms with E-state index in [0.29, 0.717) is 29.4 Å². The lowest BCUT2D eigenvalue weighted by Crippen LogP contribution is -2.59. The summed E-state index contributed by atoms with van der Waals surface area (Å²) < 4.78 is 7.79. The molecule has 7 heteroatoms. The number of ether oxygens (including phenoxy) is 1. The fourth-order valence-electron chi connectivity index (χ4n) is 3.83. The summed E-state index contributed by atoms with van der Waals surface area (Å²) in [7, 11) is 1.66. The lowest BCUT2D eigenvalue weighted by molar-refractivity contribution is -0.144. The van der Waals surface area contributed by atoms with Gasteiger partial charge in [-0.25, -0.2) is 0 Å². The Hall–Kier alpha value is -3.61. The van der Waals surface area contributed by atoms with Crippen molar-refractivity contribution in [2.45, 2.75) is 39.8 Å². The zero-order valence-corrected chi connectivity index (χ0v) is 18.4. The maximum Gasteiger partial charge on any atom is 0.280 e. The van der Waals surface area contributed by atoms with Crippen molar-refractivity contribution in [1.29, 1.82) is 0 Å². The van der Waals surface area contributed by atoms with Gasteiger partial charge in [-0.3, -0.25) is 14.3 Å². The minimum atomic E-state index is -1.68. The number of anilines is 2. The summed E-state index contributed by atoms with van der Waals surface area (Å²) in [5, 5.41) is 7.47. The van der Waals surface area contributed by atoms with Crippen molar-refractivity contribution in [1.82, 2.24) is 9.78 Å². The van der Waals surface area contributed by atoms with Crippen molar-refractivity contribution in [2.24, 2.45) is 0 Å². The fraction of sp³-hybridized carbons (Fsp3) is 0.292. The van der Waals surface area contributed by atoms with E-state index < -0.39 is 17.4 Å². The Morgan fingerprint density at radius 2 is 1.84 bits per heavy atom. The smallest absolute Gasteiger partial charge is 0.280 e. The lowest BCUT2D eigenvalue weighted by Gasteiger charge is -2.38. The normalized spacial score (nSPS) is 17.8. The van der Waals surface area contributed by atoms with Crippen molar-refractivity contribution in [2.75, 3.05) is 17.3 Å². The van der Waals surface area contributed by atoms with Gasteiger partial charge in [0.15, 0.2) is 0 Å². The Balaban J connectivity index is 1.61. The molecule has 0 fully saturated rings. The number of carbonyl (C=O) groups is 2. The molecule has 2 amide bonds. The van der Waals surface area contributed by atoms with E-state index in [9.17, 15) is 9.59 Å². The minimum Gasteiger partial charge on any atom is -0.465 e. The molecule has 1 aromatic heterocycles. The number of aromatic nitrogens is 2. The van der Waals surface area contributed by atoms with Crippen molar-refractivity contribution in [3.8, 4) is 5.75 Å². The molecular formula is C24H26N4O3. The Morgan fingerprint density at radius 3 is 2.55 bits per heavy atom. The molecule has 1 aliphatic heterocycles. The number of hydrogen-bond donors (Lipinski definition) is 1. The second kappa shape index (κ2) is 7.58. The van der Waals surface area contributed by atoms with Crippen LogP contribution in [0, 0.1) is 20.8 Å². The highest BCUT2D eigenvalue weighted by atomic mass is 16.5. The molecular weight excluding hydrogens is 392 g/mol. The summed E-state index contributed by atoms with van der Waals surface area (Å²) in [6, 6.07) is 15.5. The highest BCUT2D eigenvalue weighted by Gasteiger charge is 2.50. The molecule has 160 valence electrons. The van der Waals surface area contributed by atoms with Gasteiger partial charge in [-0.2, -0.15) is 5.10 Å². The second-order valence-electron chi connectivity index (χ2n) is 8.11. The largest absolute Gasteiger partial charge is 0.465 e. The van der Waals surface area contributed by atoms with Crippen LogP contribution in [0.4, 0.5) is 11.4 Å². The van der Waals surface area contributed by atoms with E-state index in [0.717, 1.165) is 16.8 Å². The topological polar surface area (TPSA) is 76.5 Å².